The van der Waals surface area contributed by atoms with Gasteiger partial charge in [-0.05, 0) is 51.6 Å². The first-order valence-electron chi connectivity index (χ1n) is 18.4. The SMILES string of the molecule is CCCCCCCCCC(CCCCCCCC)OOCCCCCCCN(CCO)CCCC(=O)OCCCCC. The molecule has 0 aliphatic carbocycles. The average molecular weight is 600 g/mol. The predicted octanol–water partition coefficient (Wildman–Crippen LogP) is 9.95. The molecule has 0 aromatic heterocycles. The van der Waals surface area contributed by atoms with Crippen LogP contribution in [0.1, 0.15) is 181 Å². The number of nitrogens with zero attached hydrogens (tertiary/aromatic N) is 1. The summed E-state index contributed by atoms with van der Waals surface area (Å²) in [6, 6.07) is 0. The van der Waals surface area contributed by atoms with Crippen molar-refractivity contribution in [2.24, 2.45) is 0 Å². The summed E-state index contributed by atoms with van der Waals surface area (Å²) >= 11 is 0. The molecule has 0 saturated heterocycles. The van der Waals surface area contributed by atoms with Gasteiger partial charge in [-0.2, -0.15) is 0 Å². The molecule has 0 aromatic carbocycles. The molecule has 1 atom stereocenters. The highest BCUT2D eigenvalue weighted by atomic mass is 17.2. The molecule has 1 unspecified atom stereocenters. The lowest BCUT2D eigenvalue weighted by Gasteiger charge is -2.21. The molecule has 0 heterocycles. The van der Waals surface area contributed by atoms with Crippen LogP contribution < -0.4 is 0 Å². The van der Waals surface area contributed by atoms with Crippen LogP contribution in [-0.4, -0.2) is 61.5 Å². The Labute approximate surface area is 261 Å². The summed E-state index contributed by atoms with van der Waals surface area (Å²) in [5.41, 5.74) is 0. The number of carbonyl (C=O) groups excluding carboxylic acids is 1. The lowest BCUT2D eigenvalue weighted by molar-refractivity contribution is -0.327. The van der Waals surface area contributed by atoms with Crippen LogP contribution in [0.25, 0.3) is 0 Å². The minimum absolute atomic E-state index is 0.0900. The van der Waals surface area contributed by atoms with Gasteiger partial charge in [0.2, 0.25) is 0 Å². The second kappa shape index (κ2) is 34.8. The van der Waals surface area contributed by atoms with E-state index in [-0.39, 0.29) is 18.7 Å². The molecule has 0 bridgehead atoms. The van der Waals surface area contributed by atoms with Crippen LogP contribution >= 0.6 is 0 Å². The van der Waals surface area contributed by atoms with Gasteiger partial charge in [0.05, 0.1) is 25.9 Å². The molecule has 6 heteroatoms. The van der Waals surface area contributed by atoms with Gasteiger partial charge in [0.25, 0.3) is 0 Å². The van der Waals surface area contributed by atoms with E-state index in [4.69, 9.17) is 14.5 Å². The van der Waals surface area contributed by atoms with E-state index in [0.29, 0.717) is 26.2 Å². The van der Waals surface area contributed by atoms with Crippen LogP contribution in [0, 0.1) is 0 Å². The first-order valence-corrected chi connectivity index (χ1v) is 18.4. The molecule has 0 aromatic rings. The number of carbonyl (C=O) groups is 1. The fraction of sp³-hybridized carbons (Fsp3) is 0.972. The standard InChI is InChI=1S/C36H73NO5/c1-4-7-10-12-14-17-21-27-35(26-20-16-13-11-8-5-2)42-41-34-24-19-15-18-22-29-37(31-32-38)30-25-28-36(39)40-33-23-9-6-3/h35,38H,4-34H2,1-3H3. The van der Waals surface area contributed by atoms with Gasteiger partial charge in [-0.3, -0.25) is 4.79 Å². The average Bonchev–Trinajstić information content (AvgIpc) is 2.99. The minimum atomic E-state index is -0.0900. The molecule has 252 valence electrons. The Balaban J connectivity index is 3.96. The van der Waals surface area contributed by atoms with E-state index in [0.717, 1.165) is 70.9 Å². The van der Waals surface area contributed by atoms with Gasteiger partial charge in [-0.1, -0.05) is 136 Å². The molecule has 42 heavy (non-hydrogen) atoms. The van der Waals surface area contributed by atoms with Gasteiger partial charge in [-0.25, -0.2) is 9.78 Å². The largest absolute Gasteiger partial charge is 0.466 e. The van der Waals surface area contributed by atoms with E-state index in [1.807, 2.05) is 0 Å². The molecule has 0 saturated carbocycles. The highest BCUT2D eigenvalue weighted by molar-refractivity contribution is 5.69. The topological polar surface area (TPSA) is 68.2 Å². The maximum Gasteiger partial charge on any atom is 0.305 e. The molecule has 0 radical (unpaired) electrons. The highest BCUT2D eigenvalue weighted by Crippen LogP contribution is 2.17. The normalized spacial score (nSPS) is 12.3. The zero-order valence-corrected chi connectivity index (χ0v) is 28.5. The number of esters is 1. The van der Waals surface area contributed by atoms with E-state index in [9.17, 15) is 9.90 Å². The van der Waals surface area contributed by atoms with Crippen LogP contribution in [0.3, 0.4) is 0 Å². The quantitative estimate of drug-likeness (QED) is 0.0338. The summed E-state index contributed by atoms with van der Waals surface area (Å²) < 4.78 is 5.30. The Morgan fingerprint density at radius 1 is 0.571 bits per heavy atom. The Bertz CT molecular complexity index is 533. The number of aliphatic hydroxyl groups excluding tert-OH is 1. The molecule has 0 rings (SSSR count). The van der Waals surface area contributed by atoms with Crippen LogP contribution in [0.4, 0.5) is 0 Å². The minimum Gasteiger partial charge on any atom is -0.466 e. The molecule has 0 aliphatic rings. The number of ether oxygens (including phenoxy) is 1. The molecule has 0 aliphatic heterocycles. The second-order valence-corrected chi connectivity index (χ2v) is 12.4. The van der Waals surface area contributed by atoms with Crippen LogP contribution in [0.2, 0.25) is 0 Å². The zero-order valence-electron chi connectivity index (χ0n) is 28.5. The number of rotatable bonds is 35. The van der Waals surface area contributed by atoms with Crippen molar-refractivity contribution in [3.8, 4) is 0 Å². The Kier molecular flexibility index (Phi) is 34.2. The molecule has 6 nitrogen and oxygen atoms in total. The third kappa shape index (κ3) is 30.8. The lowest BCUT2D eigenvalue weighted by Crippen LogP contribution is -2.29. The molecule has 0 spiro atoms. The van der Waals surface area contributed by atoms with Crippen molar-refractivity contribution in [1.29, 1.82) is 0 Å². The first kappa shape index (κ1) is 41.3. The van der Waals surface area contributed by atoms with Crippen LogP contribution in [0.5, 0.6) is 0 Å². The Morgan fingerprint density at radius 3 is 1.64 bits per heavy atom. The molecule has 0 amide bonds. The van der Waals surface area contributed by atoms with E-state index in [1.165, 1.54) is 96.3 Å². The van der Waals surface area contributed by atoms with Crippen LogP contribution in [-0.2, 0) is 19.3 Å². The summed E-state index contributed by atoms with van der Waals surface area (Å²) in [5.74, 6) is -0.0900. The second-order valence-electron chi connectivity index (χ2n) is 12.4. The van der Waals surface area contributed by atoms with Gasteiger partial charge >= 0.3 is 5.97 Å². The summed E-state index contributed by atoms with van der Waals surface area (Å²) in [5, 5.41) is 9.41. The van der Waals surface area contributed by atoms with Crippen molar-refractivity contribution < 1.29 is 24.4 Å². The van der Waals surface area contributed by atoms with E-state index < -0.39 is 0 Å². The van der Waals surface area contributed by atoms with Gasteiger partial charge < -0.3 is 14.7 Å². The molecule has 0 fully saturated rings. The fourth-order valence-corrected chi connectivity index (χ4v) is 5.43. The van der Waals surface area contributed by atoms with Crippen molar-refractivity contribution in [3.05, 3.63) is 0 Å². The summed E-state index contributed by atoms with van der Waals surface area (Å²) in [7, 11) is 0. The van der Waals surface area contributed by atoms with Crippen molar-refractivity contribution >= 4 is 5.97 Å². The third-order valence-electron chi connectivity index (χ3n) is 8.20. The molecule has 1 N–H and O–H groups in total. The molecular formula is C36H73NO5. The summed E-state index contributed by atoms with van der Waals surface area (Å²) in [6.07, 6.45) is 30.0. The first-order chi connectivity index (χ1) is 20.7. The number of aliphatic hydroxyl groups is 1. The maximum atomic E-state index is 11.9. The van der Waals surface area contributed by atoms with Gasteiger partial charge in [0.1, 0.15) is 0 Å². The zero-order chi connectivity index (χ0) is 30.8. The number of unbranched alkanes of at least 4 members (excludes halogenated alkanes) is 17. The van der Waals surface area contributed by atoms with Gasteiger partial charge in [0.15, 0.2) is 0 Å². The fourth-order valence-electron chi connectivity index (χ4n) is 5.43. The number of hydrogen-bond donors (Lipinski definition) is 1. The van der Waals surface area contributed by atoms with Crippen molar-refractivity contribution in [3.63, 3.8) is 0 Å². The van der Waals surface area contributed by atoms with Gasteiger partial charge in [0, 0.05) is 13.0 Å². The van der Waals surface area contributed by atoms with Crippen molar-refractivity contribution in [2.75, 3.05) is 39.5 Å². The van der Waals surface area contributed by atoms with Crippen molar-refractivity contribution in [2.45, 2.75) is 187 Å². The smallest absolute Gasteiger partial charge is 0.305 e. The van der Waals surface area contributed by atoms with Crippen LogP contribution in [0.15, 0.2) is 0 Å². The monoisotopic (exact) mass is 600 g/mol. The number of hydrogen-bond acceptors (Lipinski definition) is 6. The Morgan fingerprint density at radius 2 is 1.05 bits per heavy atom. The Hall–Kier alpha value is -0.690. The molecular weight excluding hydrogens is 526 g/mol. The van der Waals surface area contributed by atoms with E-state index in [2.05, 4.69) is 25.7 Å². The van der Waals surface area contributed by atoms with Gasteiger partial charge in [-0.15, -0.1) is 0 Å². The van der Waals surface area contributed by atoms with E-state index >= 15 is 0 Å². The predicted molar refractivity (Wildman–Crippen MR) is 178 cm³/mol. The summed E-state index contributed by atoms with van der Waals surface area (Å²) in [4.78, 5) is 25.8. The third-order valence-corrected chi connectivity index (χ3v) is 8.20. The lowest BCUT2D eigenvalue weighted by atomic mass is 10.0. The summed E-state index contributed by atoms with van der Waals surface area (Å²) in [6.45, 7) is 10.6. The van der Waals surface area contributed by atoms with Crippen molar-refractivity contribution in [1.82, 2.24) is 4.90 Å². The maximum absolute atomic E-state index is 11.9. The highest BCUT2D eigenvalue weighted by Gasteiger charge is 2.11. The van der Waals surface area contributed by atoms with E-state index in [1.54, 1.807) is 0 Å².